The first-order valence-electron chi connectivity index (χ1n) is 7.48. The van der Waals surface area contributed by atoms with Crippen LogP contribution in [0.5, 0.6) is 0 Å². The largest absolute Gasteiger partial charge is 0.316 e. The van der Waals surface area contributed by atoms with E-state index in [9.17, 15) is 0 Å². The van der Waals surface area contributed by atoms with Crippen molar-refractivity contribution in [1.29, 1.82) is 0 Å². The quantitative estimate of drug-likeness (QED) is 0.877. The minimum Gasteiger partial charge on any atom is -0.316 e. The number of nitrogens with one attached hydrogen (secondary N) is 1. The van der Waals surface area contributed by atoms with Crippen LogP contribution in [0.4, 0.5) is 0 Å². The zero-order valence-corrected chi connectivity index (χ0v) is 13.8. The number of nitrogens with zero attached hydrogens (tertiary/aromatic N) is 1. The summed E-state index contributed by atoms with van der Waals surface area (Å²) >= 11 is 3.70. The summed E-state index contributed by atoms with van der Waals surface area (Å²) in [5.74, 6) is 1.33. The van der Waals surface area contributed by atoms with Gasteiger partial charge in [0.1, 0.15) is 5.01 Å². The molecule has 108 valence electrons. The van der Waals surface area contributed by atoms with Crippen LogP contribution < -0.4 is 5.32 Å². The third kappa shape index (κ3) is 3.13. The molecular weight excluding hydrogens is 284 g/mol. The van der Waals surface area contributed by atoms with Crippen molar-refractivity contribution in [3.05, 3.63) is 28.1 Å². The van der Waals surface area contributed by atoms with E-state index in [4.69, 9.17) is 4.98 Å². The van der Waals surface area contributed by atoms with Gasteiger partial charge < -0.3 is 5.32 Å². The smallest absolute Gasteiger partial charge is 0.133 e. The summed E-state index contributed by atoms with van der Waals surface area (Å²) in [6.07, 6.45) is 3.82. The van der Waals surface area contributed by atoms with Crippen molar-refractivity contribution in [2.75, 3.05) is 13.1 Å². The molecule has 2 nitrogen and oxygen atoms in total. The van der Waals surface area contributed by atoms with E-state index < -0.39 is 0 Å². The van der Waals surface area contributed by atoms with Crippen molar-refractivity contribution in [3.8, 4) is 9.88 Å². The maximum atomic E-state index is 4.96. The number of hydrogen-bond acceptors (Lipinski definition) is 4. The van der Waals surface area contributed by atoms with Crippen LogP contribution in [0.3, 0.4) is 0 Å². The Bertz CT molecular complexity index is 543. The number of thiophene rings is 1. The van der Waals surface area contributed by atoms with Gasteiger partial charge in [-0.25, -0.2) is 4.98 Å². The highest BCUT2D eigenvalue weighted by Crippen LogP contribution is 2.39. The molecule has 1 aliphatic rings. The molecule has 20 heavy (non-hydrogen) atoms. The molecule has 0 bridgehead atoms. The highest BCUT2D eigenvalue weighted by molar-refractivity contribution is 7.21. The standard InChI is InChI=1S/C16H22N2S2/c1-11(2)9-17-10-12-5-3-6-13-15(12)18-16(20-13)14-7-4-8-19-14/h4,7-8,11-12,17H,3,5-6,9-10H2,1-2H3. The molecule has 2 aromatic heterocycles. The van der Waals surface area contributed by atoms with Crippen molar-refractivity contribution in [1.82, 2.24) is 10.3 Å². The van der Waals surface area contributed by atoms with Crippen LogP contribution >= 0.6 is 22.7 Å². The molecule has 0 aliphatic heterocycles. The molecule has 0 saturated carbocycles. The van der Waals surface area contributed by atoms with E-state index in [1.807, 2.05) is 11.3 Å². The first-order chi connectivity index (χ1) is 9.74. The van der Waals surface area contributed by atoms with E-state index in [1.54, 1.807) is 11.3 Å². The van der Waals surface area contributed by atoms with Gasteiger partial charge in [0, 0.05) is 17.3 Å². The molecule has 0 aromatic carbocycles. The molecule has 0 spiro atoms. The average Bonchev–Trinajstić information content (AvgIpc) is 3.07. The Kier molecular flexibility index (Phi) is 4.54. The Hall–Kier alpha value is -0.710. The molecule has 1 N–H and O–H groups in total. The second-order valence-corrected chi connectivity index (χ2v) is 7.98. The Morgan fingerprint density at radius 2 is 2.35 bits per heavy atom. The van der Waals surface area contributed by atoms with Crippen molar-refractivity contribution in [3.63, 3.8) is 0 Å². The second kappa shape index (κ2) is 6.37. The van der Waals surface area contributed by atoms with Gasteiger partial charge in [-0.1, -0.05) is 19.9 Å². The lowest BCUT2D eigenvalue weighted by atomic mass is 9.91. The van der Waals surface area contributed by atoms with Gasteiger partial charge in [-0.3, -0.25) is 0 Å². The van der Waals surface area contributed by atoms with E-state index in [-0.39, 0.29) is 0 Å². The molecule has 3 rings (SSSR count). The van der Waals surface area contributed by atoms with Crippen molar-refractivity contribution in [2.45, 2.75) is 39.0 Å². The average molecular weight is 306 g/mol. The van der Waals surface area contributed by atoms with Crippen molar-refractivity contribution < 1.29 is 0 Å². The van der Waals surface area contributed by atoms with E-state index >= 15 is 0 Å². The van der Waals surface area contributed by atoms with E-state index in [1.165, 1.54) is 39.7 Å². The van der Waals surface area contributed by atoms with E-state index in [0.29, 0.717) is 5.92 Å². The Morgan fingerprint density at radius 3 is 3.10 bits per heavy atom. The number of thiazole rings is 1. The van der Waals surface area contributed by atoms with Crippen LogP contribution in [-0.4, -0.2) is 18.1 Å². The van der Waals surface area contributed by atoms with E-state index in [2.05, 4.69) is 36.7 Å². The van der Waals surface area contributed by atoms with Gasteiger partial charge in [0.2, 0.25) is 0 Å². The minimum absolute atomic E-state index is 0.613. The fraction of sp³-hybridized carbons (Fsp3) is 0.562. The summed E-state index contributed by atoms with van der Waals surface area (Å²) in [6, 6.07) is 4.29. The zero-order chi connectivity index (χ0) is 13.9. The molecule has 2 aromatic rings. The minimum atomic E-state index is 0.613. The topological polar surface area (TPSA) is 24.9 Å². The number of hydrogen-bond donors (Lipinski definition) is 1. The molecule has 2 heterocycles. The molecule has 0 amide bonds. The molecular formula is C16H22N2S2. The Labute approximate surface area is 129 Å². The number of fused-ring (bicyclic) bond motifs is 1. The SMILES string of the molecule is CC(C)CNCC1CCCc2sc(-c3cccs3)nc21. The van der Waals surface area contributed by atoms with Gasteiger partial charge in [-0.2, -0.15) is 0 Å². The first kappa shape index (κ1) is 14.2. The summed E-state index contributed by atoms with van der Waals surface area (Å²) in [5, 5.41) is 6.97. The maximum absolute atomic E-state index is 4.96. The number of aryl methyl sites for hydroxylation is 1. The molecule has 0 radical (unpaired) electrons. The highest BCUT2D eigenvalue weighted by atomic mass is 32.1. The number of aromatic nitrogens is 1. The lowest BCUT2D eigenvalue weighted by Gasteiger charge is -2.22. The summed E-state index contributed by atoms with van der Waals surface area (Å²) in [6.45, 7) is 6.71. The normalized spacial score (nSPS) is 18.4. The lowest BCUT2D eigenvalue weighted by Crippen LogP contribution is -2.27. The Balaban J connectivity index is 1.75. The molecule has 4 heteroatoms. The van der Waals surface area contributed by atoms with Crippen LogP contribution in [0.15, 0.2) is 17.5 Å². The fourth-order valence-electron chi connectivity index (χ4n) is 2.76. The maximum Gasteiger partial charge on any atom is 0.133 e. The van der Waals surface area contributed by atoms with Crippen molar-refractivity contribution >= 4 is 22.7 Å². The van der Waals surface area contributed by atoms with Gasteiger partial charge in [-0.15, -0.1) is 22.7 Å². The van der Waals surface area contributed by atoms with Crippen LogP contribution in [0.1, 0.15) is 43.2 Å². The van der Waals surface area contributed by atoms with Crippen molar-refractivity contribution in [2.24, 2.45) is 5.92 Å². The Morgan fingerprint density at radius 1 is 1.45 bits per heavy atom. The molecule has 1 unspecified atom stereocenters. The summed E-state index contributed by atoms with van der Waals surface area (Å²) in [7, 11) is 0. The fourth-order valence-corrected chi connectivity index (χ4v) is 4.74. The van der Waals surface area contributed by atoms with Gasteiger partial charge in [-0.05, 0) is 43.2 Å². The summed E-state index contributed by atoms with van der Waals surface area (Å²) < 4.78 is 0. The lowest BCUT2D eigenvalue weighted by molar-refractivity contribution is 0.473. The summed E-state index contributed by atoms with van der Waals surface area (Å²) in [4.78, 5) is 7.80. The molecule has 1 atom stereocenters. The van der Waals surface area contributed by atoms with Crippen LogP contribution in [0.25, 0.3) is 9.88 Å². The first-order valence-corrected chi connectivity index (χ1v) is 9.18. The van der Waals surface area contributed by atoms with Gasteiger partial charge in [0.15, 0.2) is 0 Å². The van der Waals surface area contributed by atoms with Gasteiger partial charge >= 0.3 is 0 Å². The predicted molar refractivity (Wildman–Crippen MR) is 88.8 cm³/mol. The monoisotopic (exact) mass is 306 g/mol. The molecule has 0 saturated heterocycles. The van der Waals surface area contributed by atoms with Crippen LogP contribution in [-0.2, 0) is 6.42 Å². The second-order valence-electron chi connectivity index (χ2n) is 5.95. The molecule has 1 aliphatic carbocycles. The van der Waals surface area contributed by atoms with Gasteiger partial charge in [0.05, 0.1) is 10.6 Å². The van der Waals surface area contributed by atoms with E-state index in [0.717, 1.165) is 19.0 Å². The molecule has 0 fully saturated rings. The zero-order valence-electron chi connectivity index (χ0n) is 12.2. The third-order valence-electron chi connectivity index (χ3n) is 3.75. The third-order valence-corrected chi connectivity index (χ3v) is 5.92. The summed E-state index contributed by atoms with van der Waals surface area (Å²) in [5.41, 5.74) is 1.38. The van der Waals surface area contributed by atoms with Crippen LogP contribution in [0.2, 0.25) is 0 Å². The highest BCUT2D eigenvalue weighted by Gasteiger charge is 2.25. The predicted octanol–water partition coefficient (Wildman–Crippen LogP) is 4.54. The van der Waals surface area contributed by atoms with Crippen LogP contribution in [0, 0.1) is 5.92 Å². The van der Waals surface area contributed by atoms with Gasteiger partial charge in [0.25, 0.3) is 0 Å². The number of rotatable bonds is 5.